The van der Waals surface area contributed by atoms with Crippen molar-refractivity contribution in [2.45, 2.75) is 39.2 Å². The van der Waals surface area contributed by atoms with Crippen molar-refractivity contribution in [3.8, 4) is 0 Å². The summed E-state index contributed by atoms with van der Waals surface area (Å²) < 4.78 is 14.7. The lowest BCUT2D eigenvalue weighted by atomic mass is 9.76. The lowest BCUT2D eigenvalue weighted by molar-refractivity contribution is 0.219. The second kappa shape index (κ2) is 5.10. The Kier molecular flexibility index (Phi) is 4.05. The Morgan fingerprint density at radius 2 is 2.17 bits per heavy atom. The molecule has 4 heteroatoms. The van der Waals surface area contributed by atoms with E-state index in [2.05, 4.69) is 29.8 Å². The van der Waals surface area contributed by atoms with Gasteiger partial charge in [0.2, 0.25) is 0 Å². The molecule has 2 N–H and O–H groups in total. The van der Waals surface area contributed by atoms with Crippen LogP contribution in [0.3, 0.4) is 0 Å². The Morgan fingerprint density at radius 3 is 2.72 bits per heavy atom. The van der Waals surface area contributed by atoms with E-state index >= 15 is 0 Å². The van der Waals surface area contributed by atoms with Crippen LogP contribution in [0.15, 0.2) is 16.6 Å². The fourth-order valence-electron chi connectivity index (χ4n) is 3.03. The number of hydrogen-bond donors (Lipinski definition) is 1. The number of rotatable bonds is 2. The average molecular weight is 335 g/mol. The molecule has 1 nitrogen and oxygen atoms in total. The molecule has 100 valence electrons. The fraction of sp³-hybridized carbons (Fsp3) is 0.571. The molecule has 0 bridgehead atoms. The summed E-state index contributed by atoms with van der Waals surface area (Å²) in [5.74, 6) is -0.0783. The highest BCUT2D eigenvalue weighted by Gasteiger charge is 2.39. The molecule has 0 aliphatic heterocycles. The summed E-state index contributed by atoms with van der Waals surface area (Å²) in [6.07, 6.45) is 3.37. The molecule has 0 radical (unpaired) electrons. The second-order valence-corrected chi connectivity index (χ2v) is 7.01. The maximum atomic E-state index is 14.2. The average Bonchev–Trinajstić information content (AvgIpc) is 2.65. The zero-order valence-electron chi connectivity index (χ0n) is 10.6. The molecule has 0 amide bonds. The molecule has 2 unspecified atom stereocenters. The van der Waals surface area contributed by atoms with Gasteiger partial charge >= 0.3 is 0 Å². The predicted molar refractivity (Wildman–Crippen MR) is 77.2 cm³/mol. The summed E-state index contributed by atoms with van der Waals surface area (Å²) in [4.78, 5) is 0. The molecule has 0 spiro atoms. The van der Waals surface area contributed by atoms with Crippen LogP contribution in [0, 0.1) is 17.2 Å². The minimum absolute atomic E-state index is 0.124. The zero-order valence-corrected chi connectivity index (χ0v) is 13.0. The van der Waals surface area contributed by atoms with Gasteiger partial charge in [-0.05, 0) is 46.2 Å². The van der Waals surface area contributed by atoms with Gasteiger partial charge in [0.15, 0.2) is 0 Å². The van der Waals surface area contributed by atoms with Crippen molar-refractivity contribution in [2.24, 2.45) is 17.1 Å². The van der Waals surface area contributed by atoms with E-state index in [-0.39, 0.29) is 22.3 Å². The third-order valence-electron chi connectivity index (χ3n) is 4.20. The largest absolute Gasteiger partial charge is 0.324 e. The summed E-state index contributed by atoms with van der Waals surface area (Å²) in [5, 5.41) is 0.124. The summed E-state index contributed by atoms with van der Waals surface area (Å²) in [7, 11) is 0. The van der Waals surface area contributed by atoms with Gasteiger partial charge in [0.25, 0.3) is 0 Å². The molecule has 1 fully saturated rings. The number of benzene rings is 1. The topological polar surface area (TPSA) is 26.0 Å². The summed E-state index contributed by atoms with van der Waals surface area (Å²) in [5.41, 5.74) is 6.98. The molecule has 1 aliphatic carbocycles. The normalized spacial score (nSPS) is 24.2. The SMILES string of the molecule is CC1(C)CCCC1C(N)c1ccc(Br)c(Cl)c1F. The van der Waals surface area contributed by atoms with E-state index in [1.54, 1.807) is 12.1 Å². The molecule has 0 aromatic heterocycles. The minimum atomic E-state index is -0.388. The molecule has 2 atom stereocenters. The van der Waals surface area contributed by atoms with Crippen LogP contribution in [0.1, 0.15) is 44.7 Å². The van der Waals surface area contributed by atoms with Crippen LogP contribution in [-0.2, 0) is 0 Å². The van der Waals surface area contributed by atoms with Crippen molar-refractivity contribution >= 4 is 27.5 Å². The first-order chi connectivity index (χ1) is 8.34. The Bertz CT molecular complexity index is 461. The Balaban J connectivity index is 2.35. The smallest absolute Gasteiger partial charge is 0.147 e. The molecular formula is C14H18BrClFN. The maximum Gasteiger partial charge on any atom is 0.147 e. The van der Waals surface area contributed by atoms with Crippen LogP contribution in [-0.4, -0.2) is 0 Å². The Labute approximate surface area is 121 Å². The molecule has 1 aliphatic rings. The van der Waals surface area contributed by atoms with Crippen LogP contribution in [0.5, 0.6) is 0 Å². The van der Waals surface area contributed by atoms with Crippen LogP contribution in [0.2, 0.25) is 5.02 Å². The van der Waals surface area contributed by atoms with Crippen LogP contribution in [0.4, 0.5) is 4.39 Å². The van der Waals surface area contributed by atoms with E-state index in [0.29, 0.717) is 16.0 Å². The molecule has 0 heterocycles. The first kappa shape index (κ1) is 14.3. The van der Waals surface area contributed by atoms with Gasteiger partial charge in [0.1, 0.15) is 5.82 Å². The lowest BCUT2D eigenvalue weighted by Crippen LogP contribution is -2.30. The molecular weight excluding hydrogens is 317 g/mol. The fourth-order valence-corrected chi connectivity index (χ4v) is 3.51. The van der Waals surface area contributed by atoms with Crippen molar-refractivity contribution in [1.82, 2.24) is 0 Å². The molecule has 0 saturated heterocycles. The maximum absolute atomic E-state index is 14.2. The van der Waals surface area contributed by atoms with Crippen LogP contribution >= 0.6 is 27.5 Å². The third kappa shape index (κ3) is 2.45. The van der Waals surface area contributed by atoms with Gasteiger partial charge in [-0.2, -0.15) is 0 Å². The molecule has 1 aromatic rings. The quantitative estimate of drug-likeness (QED) is 0.751. The second-order valence-electron chi connectivity index (χ2n) is 5.78. The summed E-state index contributed by atoms with van der Waals surface area (Å²) in [6, 6.07) is 3.22. The van der Waals surface area contributed by atoms with E-state index in [0.717, 1.165) is 19.3 Å². The van der Waals surface area contributed by atoms with Crippen molar-refractivity contribution < 1.29 is 4.39 Å². The number of hydrogen-bond acceptors (Lipinski definition) is 1. The summed E-state index contributed by atoms with van der Waals surface area (Å²) in [6.45, 7) is 4.42. The molecule has 18 heavy (non-hydrogen) atoms. The van der Waals surface area contributed by atoms with E-state index in [9.17, 15) is 4.39 Å². The van der Waals surface area contributed by atoms with Crippen molar-refractivity contribution in [3.05, 3.63) is 33.0 Å². The Hall–Kier alpha value is -0.120. The number of halogens is 3. The van der Waals surface area contributed by atoms with E-state index < -0.39 is 0 Å². The van der Waals surface area contributed by atoms with Gasteiger partial charge in [-0.3, -0.25) is 0 Å². The molecule has 1 saturated carbocycles. The monoisotopic (exact) mass is 333 g/mol. The zero-order chi connectivity index (χ0) is 13.5. The Morgan fingerprint density at radius 1 is 1.50 bits per heavy atom. The lowest BCUT2D eigenvalue weighted by Gasteiger charge is -2.32. The van der Waals surface area contributed by atoms with Gasteiger partial charge in [-0.25, -0.2) is 4.39 Å². The molecule has 1 aromatic carbocycles. The first-order valence-corrected chi connectivity index (χ1v) is 7.40. The van der Waals surface area contributed by atoms with Crippen molar-refractivity contribution in [1.29, 1.82) is 0 Å². The van der Waals surface area contributed by atoms with E-state index in [4.69, 9.17) is 17.3 Å². The standard InChI is InChI=1S/C14H18BrClFN/c1-14(2)7-3-4-9(14)13(18)8-5-6-10(15)11(16)12(8)17/h5-6,9,13H,3-4,7,18H2,1-2H3. The van der Waals surface area contributed by atoms with Gasteiger partial charge in [-0.15, -0.1) is 0 Å². The third-order valence-corrected chi connectivity index (χ3v) is 5.46. The summed E-state index contributed by atoms with van der Waals surface area (Å²) >= 11 is 9.15. The van der Waals surface area contributed by atoms with E-state index in [1.807, 2.05) is 0 Å². The van der Waals surface area contributed by atoms with Crippen LogP contribution in [0.25, 0.3) is 0 Å². The van der Waals surface area contributed by atoms with Gasteiger partial charge < -0.3 is 5.73 Å². The van der Waals surface area contributed by atoms with Gasteiger partial charge in [-0.1, -0.05) is 37.9 Å². The highest BCUT2D eigenvalue weighted by atomic mass is 79.9. The van der Waals surface area contributed by atoms with E-state index in [1.165, 1.54) is 0 Å². The highest BCUT2D eigenvalue weighted by molar-refractivity contribution is 9.10. The molecule has 2 rings (SSSR count). The highest BCUT2D eigenvalue weighted by Crippen LogP contribution is 2.48. The number of nitrogens with two attached hydrogens (primary N) is 1. The van der Waals surface area contributed by atoms with Crippen molar-refractivity contribution in [3.63, 3.8) is 0 Å². The van der Waals surface area contributed by atoms with Gasteiger partial charge in [0.05, 0.1) is 5.02 Å². The minimum Gasteiger partial charge on any atom is -0.324 e. The van der Waals surface area contributed by atoms with Gasteiger partial charge in [0, 0.05) is 16.1 Å². The van der Waals surface area contributed by atoms with Crippen LogP contribution < -0.4 is 5.73 Å². The first-order valence-electron chi connectivity index (χ1n) is 6.23. The van der Waals surface area contributed by atoms with Crippen molar-refractivity contribution in [2.75, 3.05) is 0 Å². The predicted octanol–water partition coefficient (Wildman–Crippen LogP) is 5.07.